The Morgan fingerprint density at radius 2 is 1.47 bits per heavy atom. The average Bonchev–Trinajstić information content (AvgIpc) is 2.91. The number of rotatable bonds is 4. The molecule has 0 saturated carbocycles. The summed E-state index contributed by atoms with van der Waals surface area (Å²) in [4.78, 5) is 1.23. The highest BCUT2D eigenvalue weighted by atomic mass is 32.3. The lowest BCUT2D eigenvalue weighted by molar-refractivity contribution is 0.243. The van der Waals surface area contributed by atoms with Gasteiger partial charge in [0, 0.05) is 0 Å². The summed E-state index contributed by atoms with van der Waals surface area (Å²) in [5, 5.41) is 8.50. The lowest BCUT2D eigenvalue weighted by Gasteiger charge is -2.00. The standard InChI is InChI=1S/C10H9NO5S3/c12-11-19(15,16)10-7-6-9(17-10)18(13,14)8-4-2-1-3-5-8/h1-7,11-12H. The van der Waals surface area contributed by atoms with E-state index in [1.165, 1.54) is 18.2 Å². The van der Waals surface area contributed by atoms with Crippen LogP contribution in [0.1, 0.15) is 0 Å². The van der Waals surface area contributed by atoms with Crippen molar-refractivity contribution in [3.8, 4) is 0 Å². The summed E-state index contributed by atoms with van der Waals surface area (Å²) >= 11 is 0.568. The fourth-order valence-corrected chi connectivity index (χ4v) is 5.13. The third-order valence-corrected chi connectivity index (χ3v) is 7.22. The molecule has 0 atom stereocenters. The minimum Gasteiger partial charge on any atom is -0.302 e. The largest absolute Gasteiger partial charge is 0.302 e. The first-order valence-electron chi connectivity index (χ1n) is 4.94. The van der Waals surface area contributed by atoms with E-state index in [0.29, 0.717) is 11.3 Å². The van der Waals surface area contributed by atoms with Crippen LogP contribution in [0.5, 0.6) is 0 Å². The molecule has 102 valence electrons. The van der Waals surface area contributed by atoms with E-state index >= 15 is 0 Å². The molecule has 0 radical (unpaired) electrons. The van der Waals surface area contributed by atoms with Gasteiger partial charge in [-0.15, -0.1) is 11.3 Å². The van der Waals surface area contributed by atoms with Gasteiger partial charge in [-0.1, -0.05) is 23.1 Å². The Balaban J connectivity index is 2.50. The molecule has 0 unspecified atom stereocenters. The fourth-order valence-electron chi connectivity index (χ4n) is 1.35. The second-order valence-electron chi connectivity index (χ2n) is 3.48. The zero-order chi connectivity index (χ0) is 14.1. The van der Waals surface area contributed by atoms with Crippen molar-refractivity contribution in [2.24, 2.45) is 0 Å². The van der Waals surface area contributed by atoms with Gasteiger partial charge < -0.3 is 5.21 Å². The van der Waals surface area contributed by atoms with Gasteiger partial charge in [-0.25, -0.2) is 16.8 Å². The van der Waals surface area contributed by atoms with Crippen LogP contribution in [0.15, 0.2) is 55.8 Å². The molecule has 1 aromatic carbocycles. The van der Waals surface area contributed by atoms with E-state index in [9.17, 15) is 16.8 Å². The van der Waals surface area contributed by atoms with Crippen LogP contribution in [-0.4, -0.2) is 22.0 Å². The Morgan fingerprint density at radius 1 is 0.895 bits per heavy atom. The van der Waals surface area contributed by atoms with Gasteiger partial charge >= 0.3 is 0 Å². The van der Waals surface area contributed by atoms with E-state index in [-0.39, 0.29) is 13.3 Å². The van der Waals surface area contributed by atoms with E-state index in [1.807, 2.05) is 0 Å². The molecule has 1 aromatic heterocycles. The van der Waals surface area contributed by atoms with Crippen molar-refractivity contribution >= 4 is 31.2 Å². The average molecular weight is 319 g/mol. The molecule has 0 amide bonds. The highest BCUT2D eigenvalue weighted by Gasteiger charge is 2.23. The Labute approximate surface area is 114 Å². The molecule has 2 N–H and O–H groups in total. The summed E-state index contributed by atoms with van der Waals surface area (Å²) in [6, 6.07) is 10.00. The summed E-state index contributed by atoms with van der Waals surface area (Å²) < 4.78 is 46.7. The SMILES string of the molecule is O=S(=O)(NO)c1ccc(S(=O)(=O)c2ccccc2)s1. The van der Waals surface area contributed by atoms with Crippen LogP contribution < -0.4 is 4.89 Å². The Hall–Kier alpha value is -1.26. The molecule has 0 aliphatic carbocycles. The van der Waals surface area contributed by atoms with Crippen molar-refractivity contribution in [3.63, 3.8) is 0 Å². The Kier molecular flexibility index (Phi) is 3.74. The van der Waals surface area contributed by atoms with Crippen LogP contribution in [0.25, 0.3) is 0 Å². The maximum atomic E-state index is 12.2. The molecule has 0 bridgehead atoms. The fraction of sp³-hybridized carbons (Fsp3) is 0. The van der Waals surface area contributed by atoms with Crippen molar-refractivity contribution in [2.45, 2.75) is 13.3 Å². The first-order valence-corrected chi connectivity index (χ1v) is 8.72. The van der Waals surface area contributed by atoms with Gasteiger partial charge in [-0.05, 0) is 24.3 Å². The lowest BCUT2D eigenvalue weighted by Crippen LogP contribution is -2.17. The van der Waals surface area contributed by atoms with Crippen molar-refractivity contribution in [1.29, 1.82) is 0 Å². The zero-order valence-electron chi connectivity index (χ0n) is 9.35. The third-order valence-electron chi connectivity index (χ3n) is 2.26. The number of thiophene rings is 1. The van der Waals surface area contributed by atoms with Gasteiger partial charge in [0.15, 0.2) is 0 Å². The van der Waals surface area contributed by atoms with Crippen molar-refractivity contribution < 1.29 is 22.0 Å². The van der Waals surface area contributed by atoms with E-state index < -0.39 is 19.9 Å². The highest BCUT2D eigenvalue weighted by Crippen LogP contribution is 2.29. The van der Waals surface area contributed by atoms with Gasteiger partial charge in [-0.2, -0.15) is 0 Å². The first kappa shape index (κ1) is 14.2. The number of hydrogen-bond donors (Lipinski definition) is 2. The molecule has 0 aliphatic heterocycles. The summed E-state index contributed by atoms with van der Waals surface area (Å²) in [5.74, 6) is 0. The first-order chi connectivity index (χ1) is 8.88. The van der Waals surface area contributed by atoms with Crippen LogP contribution >= 0.6 is 11.3 Å². The van der Waals surface area contributed by atoms with E-state index in [2.05, 4.69) is 0 Å². The van der Waals surface area contributed by atoms with Gasteiger partial charge in [0.25, 0.3) is 10.0 Å². The van der Waals surface area contributed by atoms with E-state index in [4.69, 9.17) is 5.21 Å². The second-order valence-corrected chi connectivity index (χ2v) is 8.63. The molecule has 0 aliphatic rings. The van der Waals surface area contributed by atoms with Crippen LogP contribution in [0.2, 0.25) is 0 Å². The number of sulfone groups is 1. The predicted octanol–water partition coefficient (Wildman–Crippen LogP) is 1.25. The topological polar surface area (TPSA) is 101 Å². The number of nitrogens with one attached hydrogen (secondary N) is 1. The van der Waals surface area contributed by atoms with E-state index in [0.717, 1.165) is 11.0 Å². The smallest absolute Gasteiger partial charge is 0.271 e. The number of benzene rings is 1. The predicted molar refractivity (Wildman–Crippen MR) is 68.3 cm³/mol. The minimum absolute atomic E-state index is 0.0813. The maximum Gasteiger partial charge on any atom is 0.271 e. The van der Waals surface area contributed by atoms with Crippen LogP contribution in [0.4, 0.5) is 0 Å². The summed E-state index contributed by atoms with van der Waals surface area (Å²) in [6.07, 6.45) is 0. The van der Waals surface area contributed by atoms with Crippen LogP contribution in [0.3, 0.4) is 0 Å². The second kappa shape index (κ2) is 5.02. The van der Waals surface area contributed by atoms with Crippen LogP contribution in [0, 0.1) is 0 Å². The minimum atomic E-state index is -4.06. The molecule has 0 spiro atoms. The molecule has 1 heterocycles. The van der Waals surface area contributed by atoms with Crippen molar-refractivity contribution in [3.05, 3.63) is 42.5 Å². The molecule has 2 aromatic rings. The van der Waals surface area contributed by atoms with Crippen molar-refractivity contribution in [2.75, 3.05) is 0 Å². The van der Waals surface area contributed by atoms with Gasteiger partial charge in [0.1, 0.15) is 8.42 Å². The summed E-state index contributed by atoms with van der Waals surface area (Å²) in [6.45, 7) is 0. The van der Waals surface area contributed by atoms with Gasteiger partial charge in [0.2, 0.25) is 9.84 Å². The van der Waals surface area contributed by atoms with E-state index in [1.54, 1.807) is 18.2 Å². The van der Waals surface area contributed by atoms with Gasteiger partial charge in [0.05, 0.1) is 4.90 Å². The lowest BCUT2D eigenvalue weighted by atomic mass is 10.4. The van der Waals surface area contributed by atoms with Gasteiger partial charge in [-0.3, -0.25) is 0 Å². The molecular weight excluding hydrogens is 310 g/mol. The Bertz CT molecular complexity index is 778. The van der Waals surface area contributed by atoms with Crippen LogP contribution in [-0.2, 0) is 19.9 Å². The normalized spacial score (nSPS) is 12.5. The summed E-state index contributed by atoms with van der Waals surface area (Å²) in [5.41, 5.74) is 0. The Morgan fingerprint density at radius 3 is 2.05 bits per heavy atom. The molecule has 0 saturated heterocycles. The zero-order valence-corrected chi connectivity index (χ0v) is 11.8. The highest BCUT2D eigenvalue weighted by molar-refractivity contribution is 7.95. The molecule has 6 nitrogen and oxygen atoms in total. The molecule has 2 rings (SSSR count). The molecular formula is C10H9NO5S3. The molecule has 19 heavy (non-hydrogen) atoms. The summed E-state index contributed by atoms with van der Waals surface area (Å²) in [7, 11) is -7.80. The van der Waals surface area contributed by atoms with Crippen molar-refractivity contribution in [1.82, 2.24) is 4.89 Å². The quantitative estimate of drug-likeness (QED) is 0.826. The molecule has 9 heteroatoms. The third kappa shape index (κ3) is 2.69. The molecule has 0 fully saturated rings. The maximum absolute atomic E-state index is 12.2. The number of hydrogen-bond acceptors (Lipinski definition) is 6. The monoisotopic (exact) mass is 319 g/mol. The number of sulfonamides is 1.